The number of nitrogens with one attached hydrogen (secondary N) is 1. The van der Waals surface area contributed by atoms with Gasteiger partial charge in [-0.2, -0.15) is 5.26 Å². The molecule has 1 aliphatic heterocycles. The Labute approximate surface area is 114 Å². The summed E-state index contributed by atoms with van der Waals surface area (Å²) in [6.07, 6.45) is 2.59. The summed E-state index contributed by atoms with van der Waals surface area (Å²) in [6, 6.07) is 4.97. The van der Waals surface area contributed by atoms with Crippen LogP contribution in [0.4, 0.5) is 5.69 Å². The number of nitriles is 1. The quantitative estimate of drug-likeness (QED) is 0.488. The van der Waals surface area contributed by atoms with E-state index in [9.17, 15) is 9.59 Å². The smallest absolute Gasteiger partial charge is 0.350 e. The highest BCUT2D eigenvalue weighted by Gasteiger charge is 2.38. The molecule has 0 aliphatic carbocycles. The predicted molar refractivity (Wildman–Crippen MR) is 66.9 cm³/mol. The number of ether oxygens (including phenoxy) is 2. The molecule has 2 heterocycles. The number of hydrogen-bond donors (Lipinski definition) is 1. The summed E-state index contributed by atoms with van der Waals surface area (Å²) in [4.78, 5) is 27.1. The number of rotatable bonds is 2. The summed E-state index contributed by atoms with van der Waals surface area (Å²) in [7, 11) is 0. The molecular formula is C13H11N3O4. The fourth-order valence-electron chi connectivity index (χ4n) is 1.48. The average Bonchev–Trinajstić information content (AvgIpc) is 2.37. The molecule has 0 spiro atoms. The molecule has 1 aromatic heterocycles. The number of carbonyl (C=O) groups excluding carboxylic acids is 2. The Morgan fingerprint density at radius 2 is 1.95 bits per heavy atom. The van der Waals surface area contributed by atoms with Gasteiger partial charge in [0.2, 0.25) is 0 Å². The third kappa shape index (κ3) is 2.92. The standard InChI is InChI=1S/C13H11N3O4/c1-13(2)19-11(17)10(12(18)20-13)7-16-9-4-3-8(5-14)15-6-9/h3-4,6-7,16H,1-2H3. The van der Waals surface area contributed by atoms with Gasteiger partial charge in [-0.3, -0.25) is 0 Å². The molecule has 7 nitrogen and oxygen atoms in total. The van der Waals surface area contributed by atoms with Crippen molar-refractivity contribution in [1.82, 2.24) is 4.98 Å². The number of hydrogen-bond acceptors (Lipinski definition) is 7. The lowest BCUT2D eigenvalue weighted by Crippen LogP contribution is -2.42. The first-order valence-corrected chi connectivity index (χ1v) is 5.71. The number of pyridine rings is 1. The third-order valence-corrected chi connectivity index (χ3v) is 2.38. The first-order valence-electron chi connectivity index (χ1n) is 5.71. The predicted octanol–water partition coefficient (Wildman–Crippen LogP) is 1.09. The molecule has 2 rings (SSSR count). The molecule has 1 fully saturated rings. The lowest BCUT2D eigenvalue weighted by atomic mass is 10.2. The van der Waals surface area contributed by atoms with Crippen LogP contribution < -0.4 is 5.32 Å². The van der Waals surface area contributed by atoms with Crippen molar-refractivity contribution < 1.29 is 19.1 Å². The molecule has 0 atom stereocenters. The second kappa shape index (κ2) is 5.01. The fourth-order valence-corrected chi connectivity index (χ4v) is 1.48. The molecule has 1 N–H and O–H groups in total. The zero-order chi connectivity index (χ0) is 14.8. The number of aromatic nitrogens is 1. The van der Waals surface area contributed by atoms with Crippen LogP contribution in [0.1, 0.15) is 19.5 Å². The maximum atomic E-state index is 11.7. The Morgan fingerprint density at radius 1 is 1.30 bits per heavy atom. The number of esters is 2. The maximum absolute atomic E-state index is 11.7. The number of nitrogens with zero attached hydrogens (tertiary/aromatic N) is 2. The van der Waals surface area contributed by atoms with E-state index < -0.39 is 17.7 Å². The summed E-state index contributed by atoms with van der Waals surface area (Å²) in [5.74, 6) is -2.79. The Kier molecular flexibility index (Phi) is 3.39. The van der Waals surface area contributed by atoms with E-state index in [0.29, 0.717) is 5.69 Å². The van der Waals surface area contributed by atoms with Crippen molar-refractivity contribution in [1.29, 1.82) is 5.26 Å². The third-order valence-electron chi connectivity index (χ3n) is 2.38. The van der Waals surface area contributed by atoms with Gasteiger partial charge < -0.3 is 14.8 Å². The van der Waals surface area contributed by atoms with Crippen molar-refractivity contribution in [3.05, 3.63) is 35.8 Å². The normalized spacial score (nSPS) is 16.8. The second-order valence-electron chi connectivity index (χ2n) is 4.43. The van der Waals surface area contributed by atoms with Crippen molar-refractivity contribution in [3.63, 3.8) is 0 Å². The van der Waals surface area contributed by atoms with Crippen LogP contribution in [-0.4, -0.2) is 22.7 Å². The van der Waals surface area contributed by atoms with Crippen molar-refractivity contribution in [3.8, 4) is 6.07 Å². The highest BCUT2D eigenvalue weighted by atomic mass is 16.7. The molecule has 0 bridgehead atoms. The molecular weight excluding hydrogens is 262 g/mol. The summed E-state index contributed by atoms with van der Waals surface area (Å²) in [5, 5.41) is 11.3. The molecule has 1 aliphatic rings. The van der Waals surface area contributed by atoms with Gasteiger partial charge in [-0.25, -0.2) is 14.6 Å². The van der Waals surface area contributed by atoms with Gasteiger partial charge in [0, 0.05) is 20.0 Å². The van der Waals surface area contributed by atoms with Crippen LogP contribution in [-0.2, 0) is 19.1 Å². The highest BCUT2D eigenvalue weighted by Crippen LogP contribution is 2.22. The second-order valence-corrected chi connectivity index (χ2v) is 4.43. The zero-order valence-corrected chi connectivity index (χ0v) is 10.8. The average molecular weight is 273 g/mol. The van der Waals surface area contributed by atoms with Gasteiger partial charge in [0.25, 0.3) is 5.79 Å². The molecule has 7 heteroatoms. The van der Waals surface area contributed by atoms with Crippen LogP contribution in [0.3, 0.4) is 0 Å². The van der Waals surface area contributed by atoms with E-state index >= 15 is 0 Å². The van der Waals surface area contributed by atoms with E-state index in [1.807, 2.05) is 6.07 Å². The first-order chi connectivity index (χ1) is 9.41. The molecule has 1 aromatic rings. The topological polar surface area (TPSA) is 101 Å². The zero-order valence-electron chi connectivity index (χ0n) is 10.8. The van der Waals surface area contributed by atoms with Crippen LogP contribution in [0, 0.1) is 11.3 Å². The van der Waals surface area contributed by atoms with Crippen molar-refractivity contribution in [2.24, 2.45) is 0 Å². The lowest BCUT2D eigenvalue weighted by Gasteiger charge is -2.29. The monoisotopic (exact) mass is 273 g/mol. The SMILES string of the molecule is CC1(C)OC(=O)C(=CNc2ccc(C#N)nc2)C(=O)O1. The number of carbonyl (C=O) groups is 2. The minimum Gasteiger partial charge on any atom is -0.419 e. The van der Waals surface area contributed by atoms with E-state index in [4.69, 9.17) is 14.7 Å². The van der Waals surface area contributed by atoms with E-state index in [-0.39, 0.29) is 11.3 Å². The fraction of sp³-hybridized carbons (Fsp3) is 0.231. The highest BCUT2D eigenvalue weighted by molar-refractivity contribution is 6.15. The van der Waals surface area contributed by atoms with Crippen LogP contribution in [0.15, 0.2) is 30.1 Å². The van der Waals surface area contributed by atoms with Crippen LogP contribution in [0.5, 0.6) is 0 Å². The van der Waals surface area contributed by atoms with Crippen LogP contribution in [0.2, 0.25) is 0 Å². The Balaban J connectivity index is 2.13. The Bertz CT molecular complexity index is 604. The van der Waals surface area contributed by atoms with Gasteiger partial charge in [-0.1, -0.05) is 0 Å². The largest absolute Gasteiger partial charge is 0.419 e. The molecule has 0 saturated carbocycles. The van der Waals surface area contributed by atoms with Gasteiger partial charge in [0.05, 0.1) is 11.9 Å². The molecule has 0 amide bonds. The van der Waals surface area contributed by atoms with Crippen molar-refractivity contribution in [2.45, 2.75) is 19.6 Å². The molecule has 102 valence electrons. The maximum Gasteiger partial charge on any atom is 0.350 e. The molecule has 0 unspecified atom stereocenters. The number of anilines is 1. The Hall–Kier alpha value is -2.88. The molecule has 20 heavy (non-hydrogen) atoms. The minimum atomic E-state index is -1.26. The summed E-state index contributed by atoms with van der Waals surface area (Å²) < 4.78 is 9.87. The van der Waals surface area contributed by atoms with E-state index in [2.05, 4.69) is 10.3 Å². The van der Waals surface area contributed by atoms with Crippen LogP contribution >= 0.6 is 0 Å². The van der Waals surface area contributed by atoms with Gasteiger partial charge in [0.15, 0.2) is 5.57 Å². The molecule has 1 saturated heterocycles. The Morgan fingerprint density at radius 3 is 2.45 bits per heavy atom. The summed E-state index contributed by atoms with van der Waals surface area (Å²) in [5.41, 5.74) is 0.539. The number of cyclic esters (lactones) is 2. The van der Waals surface area contributed by atoms with E-state index in [1.54, 1.807) is 6.07 Å². The van der Waals surface area contributed by atoms with Crippen LogP contribution in [0.25, 0.3) is 0 Å². The van der Waals surface area contributed by atoms with E-state index in [0.717, 1.165) is 0 Å². The van der Waals surface area contributed by atoms with Gasteiger partial charge in [-0.15, -0.1) is 0 Å². The lowest BCUT2D eigenvalue weighted by molar-refractivity contribution is -0.222. The van der Waals surface area contributed by atoms with Crippen molar-refractivity contribution >= 4 is 17.6 Å². The minimum absolute atomic E-state index is 0.242. The van der Waals surface area contributed by atoms with Crippen molar-refractivity contribution in [2.75, 3.05) is 5.32 Å². The first kappa shape index (κ1) is 13.5. The molecule has 0 radical (unpaired) electrons. The summed E-state index contributed by atoms with van der Waals surface area (Å²) in [6.45, 7) is 2.94. The van der Waals surface area contributed by atoms with Gasteiger partial charge in [-0.05, 0) is 12.1 Å². The summed E-state index contributed by atoms with van der Waals surface area (Å²) >= 11 is 0. The molecule has 0 aromatic carbocycles. The van der Waals surface area contributed by atoms with Gasteiger partial charge >= 0.3 is 11.9 Å². The van der Waals surface area contributed by atoms with E-state index in [1.165, 1.54) is 32.3 Å². The van der Waals surface area contributed by atoms with Gasteiger partial charge in [0.1, 0.15) is 11.8 Å².